The van der Waals surface area contributed by atoms with Crippen molar-refractivity contribution in [2.24, 2.45) is 5.92 Å². The highest BCUT2D eigenvalue weighted by atomic mass is 16.6. The van der Waals surface area contributed by atoms with Crippen molar-refractivity contribution in [1.29, 1.82) is 0 Å². The van der Waals surface area contributed by atoms with Gasteiger partial charge in [0, 0.05) is 12.1 Å². The zero-order valence-corrected chi connectivity index (χ0v) is 11.1. The van der Waals surface area contributed by atoms with E-state index >= 15 is 0 Å². The number of nitrogens with one attached hydrogen (secondary N) is 1. The minimum Gasteiger partial charge on any atom is -0.486 e. The summed E-state index contributed by atoms with van der Waals surface area (Å²) in [5.74, 6) is 2.63. The molecule has 0 amide bonds. The number of benzene rings is 1. The summed E-state index contributed by atoms with van der Waals surface area (Å²) < 4.78 is 11.2. The second-order valence-electron chi connectivity index (χ2n) is 5.42. The Morgan fingerprint density at radius 1 is 1.11 bits per heavy atom. The van der Waals surface area contributed by atoms with Gasteiger partial charge in [-0.2, -0.15) is 0 Å². The van der Waals surface area contributed by atoms with Gasteiger partial charge in [0.05, 0.1) is 0 Å². The Hall–Kier alpha value is -1.22. The zero-order chi connectivity index (χ0) is 12.5. The van der Waals surface area contributed by atoms with Crippen LogP contribution in [0.15, 0.2) is 18.2 Å². The molecule has 98 valence electrons. The molecular weight excluding hydrogens is 226 g/mol. The molecule has 2 unspecified atom stereocenters. The van der Waals surface area contributed by atoms with E-state index in [-0.39, 0.29) is 0 Å². The largest absolute Gasteiger partial charge is 0.486 e. The molecular formula is C15H21NO2. The van der Waals surface area contributed by atoms with Crippen LogP contribution in [0.2, 0.25) is 0 Å². The third kappa shape index (κ3) is 2.46. The molecule has 1 aliphatic carbocycles. The van der Waals surface area contributed by atoms with E-state index < -0.39 is 0 Å². The van der Waals surface area contributed by atoms with E-state index in [4.69, 9.17) is 9.47 Å². The molecule has 2 atom stereocenters. The van der Waals surface area contributed by atoms with Crippen molar-refractivity contribution in [2.75, 3.05) is 13.2 Å². The summed E-state index contributed by atoms with van der Waals surface area (Å²) in [5, 5.41) is 3.67. The average molecular weight is 247 g/mol. The van der Waals surface area contributed by atoms with E-state index in [1.807, 2.05) is 6.07 Å². The lowest BCUT2D eigenvalue weighted by molar-refractivity contribution is 0.171. The molecule has 0 spiro atoms. The van der Waals surface area contributed by atoms with Crippen LogP contribution in [0.5, 0.6) is 11.5 Å². The van der Waals surface area contributed by atoms with Gasteiger partial charge in [-0.3, -0.25) is 0 Å². The first-order chi connectivity index (χ1) is 8.74. The molecule has 3 nitrogen and oxygen atoms in total. The molecule has 1 aromatic rings. The molecule has 1 aliphatic heterocycles. The van der Waals surface area contributed by atoms with Gasteiger partial charge in [-0.25, -0.2) is 0 Å². The minimum atomic E-state index is 0.358. The van der Waals surface area contributed by atoms with Crippen molar-refractivity contribution in [3.8, 4) is 11.5 Å². The SMILES string of the molecule is CC(NC(C)C1CC1)c1ccc2c(c1)OCCO2. The minimum absolute atomic E-state index is 0.358. The monoisotopic (exact) mass is 247 g/mol. The number of fused-ring (bicyclic) bond motifs is 1. The van der Waals surface area contributed by atoms with Gasteiger partial charge in [-0.05, 0) is 50.3 Å². The van der Waals surface area contributed by atoms with Crippen molar-refractivity contribution in [2.45, 2.75) is 38.8 Å². The summed E-state index contributed by atoms with van der Waals surface area (Å²) in [6.45, 7) is 5.80. The van der Waals surface area contributed by atoms with Crippen LogP contribution in [0.25, 0.3) is 0 Å². The van der Waals surface area contributed by atoms with Crippen LogP contribution in [-0.2, 0) is 0 Å². The Bertz CT molecular complexity index is 429. The highest BCUT2D eigenvalue weighted by Gasteiger charge is 2.28. The van der Waals surface area contributed by atoms with E-state index in [1.54, 1.807) is 0 Å². The summed E-state index contributed by atoms with van der Waals surface area (Å²) >= 11 is 0. The lowest BCUT2D eigenvalue weighted by Gasteiger charge is -2.23. The van der Waals surface area contributed by atoms with Crippen LogP contribution in [0.3, 0.4) is 0 Å². The summed E-state index contributed by atoms with van der Waals surface area (Å²) in [6.07, 6.45) is 2.75. The lowest BCUT2D eigenvalue weighted by atomic mass is 10.1. The van der Waals surface area contributed by atoms with E-state index in [9.17, 15) is 0 Å². The van der Waals surface area contributed by atoms with Crippen molar-refractivity contribution in [3.63, 3.8) is 0 Å². The molecule has 1 N–H and O–H groups in total. The van der Waals surface area contributed by atoms with Crippen molar-refractivity contribution in [3.05, 3.63) is 23.8 Å². The molecule has 0 radical (unpaired) electrons. The van der Waals surface area contributed by atoms with Crippen LogP contribution < -0.4 is 14.8 Å². The first-order valence-corrected chi connectivity index (χ1v) is 6.89. The maximum absolute atomic E-state index is 5.63. The Kier molecular flexibility index (Phi) is 3.16. The molecule has 0 saturated heterocycles. The average Bonchev–Trinajstić information content (AvgIpc) is 3.22. The van der Waals surface area contributed by atoms with E-state index in [0.717, 1.165) is 17.4 Å². The Morgan fingerprint density at radius 2 is 1.83 bits per heavy atom. The van der Waals surface area contributed by atoms with E-state index in [0.29, 0.717) is 25.3 Å². The van der Waals surface area contributed by atoms with Crippen LogP contribution in [0.4, 0.5) is 0 Å². The van der Waals surface area contributed by atoms with E-state index in [1.165, 1.54) is 18.4 Å². The summed E-state index contributed by atoms with van der Waals surface area (Å²) in [4.78, 5) is 0. The third-order valence-electron chi connectivity index (χ3n) is 3.91. The molecule has 1 aromatic carbocycles. The molecule has 2 aliphatic rings. The highest BCUT2D eigenvalue weighted by molar-refractivity contribution is 5.44. The zero-order valence-electron chi connectivity index (χ0n) is 11.1. The van der Waals surface area contributed by atoms with Gasteiger partial charge in [0.25, 0.3) is 0 Å². The number of ether oxygens (including phenoxy) is 2. The predicted octanol–water partition coefficient (Wildman–Crippen LogP) is 2.91. The highest BCUT2D eigenvalue weighted by Crippen LogP contribution is 2.35. The maximum atomic E-state index is 5.63. The van der Waals surface area contributed by atoms with Gasteiger partial charge in [-0.1, -0.05) is 6.07 Å². The lowest BCUT2D eigenvalue weighted by Crippen LogP contribution is -2.30. The molecule has 0 aromatic heterocycles. The molecule has 18 heavy (non-hydrogen) atoms. The van der Waals surface area contributed by atoms with Crippen molar-refractivity contribution >= 4 is 0 Å². The number of rotatable bonds is 4. The van der Waals surface area contributed by atoms with Gasteiger partial charge >= 0.3 is 0 Å². The fraction of sp³-hybridized carbons (Fsp3) is 0.600. The second-order valence-corrected chi connectivity index (χ2v) is 5.42. The predicted molar refractivity (Wildman–Crippen MR) is 71.2 cm³/mol. The Balaban J connectivity index is 1.70. The molecule has 1 heterocycles. The van der Waals surface area contributed by atoms with Gasteiger partial charge in [0.15, 0.2) is 11.5 Å². The second kappa shape index (κ2) is 4.81. The summed E-state index contributed by atoms with van der Waals surface area (Å²) in [5.41, 5.74) is 1.27. The molecule has 1 saturated carbocycles. The van der Waals surface area contributed by atoms with E-state index in [2.05, 4.69) is 31.3 Å². The summed E-state index contributed by atoms with van der Waals surface area (Å²) in [7, 11) is 0. The third-order valence-corrected chi connectivity index (χ3v) is 3.91. The molecule has 0 bridgehead atoms. The van der Waals surface area contributed by atoms with Crippen LogP contribution in [-0.4, -0.2) is 19.3 Å². The van der Waals surface area contributed by atoms with Crippen LogP contribution in [0, 0.1) is 5.92 Å². The first kappa shape index (κ1) is 11.8. The molecule has 3 rings (SSSR count). The normalized spacial score (nSPS) is 21.4. The van der Waals surface area contributed by atoms with Gasteiger partial charge in [0.1, 0.15) is 13.2 Å². The fourth-order valence-electron chi connectivity index (χ4n) is 2.55. The van der Waals surface area contributed by atoms with Crippen molar-refractivity contribution in [1.82, 2.24) is 5.32 Å². The first-order valence-electron chi connectivity index (χ1n) is 6.89. The van der Waals surface area contributed by atoms with Crippen LogP contribution >= 0.6 is 0 Å². The van der Waals surface area contributed by atoms with Gasteiger partial charge in [-0.15, -0.1) is 0 Å². The Labute approximate surface area is 108 Å². The topological polar surface area (TPSA) is 30.5 Å². The maximum Gasteiger partial charge on any atom is 0.161 e. The van der Waals surface area contributed by atoms with Crippen LogP contribution in [0.1, 0.15) is 38.3 Å². The van der Waals surface area contributed by atoms with Crippen molar-refractivity contribution < 1.29 is 9.47 Å². The molecule has 1 fully saturated rings. The molecule has 3 heteroatoms. The van der Waals surface area contributed by atoms with Gasteiger partial charge in [0.2, 0.25) is 0 Å². The summed E-state index contributed by atoms with van der Waals surface area (Å²) in [6, 6.07) is 7.21. The number of hydrogen-bond acceptors (Lipinski definition) is 3. The van der Waals surface area contributed by atoms with Gasteiger partial charge < -0.3 is 14.8 Å². The fourth-order valence-corrected chi connectivity index (χ4v) is 2.55. The quantitative estimate of drug-likeness (QED) is 0.887. The number of hydrogen-bond donors (Lipinski definition) is 1. The standard InChI is InChI=1S/C15H21NO2/c1-10(12-3-4-12)16-11(2)13-5-6-14-15(9-13)18-8-7-17-14/h5-6,9-12,16H,3-4,7-8H2,1-2H3. The Morgan fingerprint density at radius 3 is 2.56 bits per heavy atom. The smallest absolute Gasteiger partial charge is 0.161 e.